The first kappa shape index (κ1) is 11.9. The minimum Gasteiger partial charge on any atom is -0.317 e. The molecule has 1 fully saturated rings. The minimum absolute atomic E-state index is 0.626. The van der Waals surface area contributed by atoms with Crippen molar-refractivity contribution in [1.29, 1.82) is 0 Å². The van der Waals surface area contributed by atoms with Crippen LogP contribution in [-0.4, -0.2) is 31.8 Å². The van der Waals surface area contributed by atoms with Gasteiger partial charge in [-0.1, -0.05) is 6.92 Å². The van der Waals surface area contributed by atoms with Crippen molar-refractivity contribution in [2.75, 3.05) is 5.75 Å². The Bertz CT molecular complexity index is 326. The van der Waals surface area contributed by atoms with Crippen molar-refractivity contribution in [2.45, 2.75) is 51.1 Å². The lowest BCUT2D eigenvalue weighted by atomic mass is 10.1. The number of hydrogen-bond acceptors (Lipinski definition) is 4. The minimum atomic E-state index is 0.626. The van der Waals surface area contributed by atoms with Gasteiger partial charge in [0.1, 0.15) is 12.2 Å². The quantitative estimate of drug-likeness (QED) is 0.869. The van der Waals surface area contributed by atoms with Gasteiger partial charge in [0.15, 0.2) is 0 Å². The molecular weight excluding hydrogens is 220 g/mol. The number of aryl methyl sites for hydroxylation is 1. The molecule has 2 rings (SSSR count). The summed E-state index contributed by atoms with van der Waals surface area (Å²) in [5.74, 6) is 2.36. The molecule has 0 radical (unpaired) electrons. The van der Waals surface area contributed by atoms with Crippen LogP contribution < -0.4 is 5.32 Å². The van der Waals surface area contributed by atoms with Gasteiger partial charge in [-0.2, -0.15) is 11.8 Å². The van der Waals surface area contributed by atoms with E-state index in [0.29, 0.717) is 11.3 Å². The number of nitrogens with one attached hydrogen (secondary N) is 1. The van der Waals surface area contributed by atoms with Crippen molar-refractivity contribution in [3.05, 3.63) is 12.2 Å². The summed E-state index contributed by atoms with van der Waals surface area (Å²) in [7, 11) is 0. The zero-order chi connectivity index (χ0) is 11.4. The van der Waals surface area contributed by atoms with Gasteiger partial charge in [-0.15, -0.1) is 10.2 Å². The third-order valence-corrected chi connectivity index (χ3v) is 4.54. The van der Waals surface area contributed by atoms with Crippen LogP contribution in [0.25, 0.3) is 0 Å². The normalized spacial score (nSPS) is 25.9. The van der Waals surface area contributed by atoms with E-state index in [9.17, 15) is 0 Å². The molecule has 1 aliphatic rings. The summed E-state index contributed by atoms with van der Waals surface area (Å²) in [6.45, 7) is 6.21. The fourth-order valence-corrected chi connectivity index (χ4v) is 3.26. The van der Waals surface area contributed by atoms with Crippen molar-refractivity contribution in [2.24, 2.45) is 0 Å². The van der Waals surface area contributed by atoms with Crippen molar-refractivity contribution in [3.8, 4) is 0 Å². The summed E-state index contributed by atoms with van der Waals surface area (Å²) in [6, 6.07) is 0.626. The molecule has 0 bridgehead atoms. The molecule has 1 N–H and O–H groups in total. The number of nitrogens with zero attached hydrogens (tertiary/aromatic N) is 3. The second-order valence-corrected chi connectivity index (χ2v) is 5.72. The van der Waals surface area contributed by atoms with Crippen LogP contribution in [0.3, 0.4) is 0 Å². The van der Waals surface area contributed by atoms with Gasteiger partial charge in [0, 0.05) is 17.8 Å². The molecule has 2 unspecified atom stereocenters. The van der Waals surface area contributed by atoms with E-state index in [1.807, 2.05) is 0 Å². The van der Waals surface area contributed by atoms with Crippen LogP contribution in [-0.2, 0) is 13.1 Å². The molecule has 1 aromatic rings. The molecule has 1 aromatic heterocycles. The second-order valence-electron chi connectivity index (χ2n) is 4.24. The molecular formula is C11H20N4S. The monoisotopic (exact) mass is 240 g/mol. The molecule has 0 saturated carbocycles. The standard InChI is InChI=1S/C11H20N4S/c1-3-15-8-13-14-11(15)7-12-10-5-4-6-16-9(10)2/h8-10,12H,3-7H2,1-2H3. The second kappa shape index (κ2) is 5.68. The van der Waals surface area contributed by atoms with Crippen LogP contribution in [0.4, 0.5) is 0 Å². The van der Waals surface area contributed by atoms with Crippen molar-refractivity contribution < 1.29 is 0 Å². The van der Waals surface area contributed by atoms with Crippen LogP contribution in [0.15, 0.2) is 6.33 Å². The fraction of sp³-hybridized carbons (Fsp3) is 0.818. The Balaban J connectivity index is 1.86. The van der Waals surface area contributed by atoms with E-state index in [4.69, 9.17) is 0 Å². The van der Waals surface area contributed by atoms with Gasteiger partial charge >= 0.3 is 0 Å². The van der Waals surface area contributed by atoms with Gasteiger partial charge in [0.05, 0.1) is 6.54 Å². The Morgan fingerprint density at radius 1 is 1.62 bits per heavy atom. The maximum Gasteiger partial charge on any atom is 0.146 e. The topological polar surface area (TPSA) is 42.7 Å². The third-order valence-electron chi connectivity index (χ3n) is 3.17. The lowest BCUT2D eigenvalue weighted by molar-refractivity contribution is 0.449. The Labute approximate surface area is 101 Å². The SMILES string of the molecule is CCn1cnnc1CNC1CCCSC1C. The summed E-state index contributed by atoms with van der Waals surface area (Å²) in [4.78, 5) is 0. The van der Waals surface area contributed by atoms with Gasteiger partial charge in [-0.25, -0.2) is 0 Å². The molecule has 0 amide bonds. The molecule has 0 spiro atoms. The van der Waals surface area contributed by atoms with Gasteiger partial charge in [0.2, 0.25) is 0 Å². The lowest BCUT2D eigenvalue weighted by Crippen LogP contribution is -2.39. The number of hydrogen-bond donors (Lipinski definition) is 1. The zero-order valence-corrected chi connectivity index (χ0v) is 10.8. The van der Waals surface area contributed by atoms with Crippen LogP contribution >= 0.6 is 11.8 Å². The molecule has 1 saturated heterocycles. The number of aromatic nitrogens is 3. The average molecular weight is 240 g/mol. The van der Waals surface area contributed by atoms with Crippen LogP contribution in [0.5, 0.6) is 0 Å². The zero-order valence-electron chi connectivity index (χ0n) is 10.0. The van der Waals surface area contributed by atoms with Crippen molar-refractivity contribution in [1.82, 2.24) is 20.1 Å². The maximum atomic E-state index is 4.14. The Morgan fingerprint density at radius 2 is 2.50 bits per heavy atom. The largest absolute Gasteiger partial charge is 0.317 e. The first-order valence-electron chi connectivity index (χ1n) is 6.03. The van der Waals surface area contributed by atoms with Crippen molar-refractivity contribution in [3.63, 3.8) is 0 Å². The molecule has 2 atom stereocenters. The Kier molecular flexibility index (Phi) is 4.23. The van der Waals surface area contributed by atoms with E-state index >= 15 is 0 Å². The predicted octanol–water partition coefficient (Wildman–Crippen LogP) is 1.67. The molecule has 5 heteroatoms. The van der Waals surface area contributed by atoms with E-state index in [1.54, 1.807) is 6.33 Å². The fourth-order valence-electron chi connectivity index (χ4n) is 2.09. The molecule has 0 aromatic carbocycles. The molecule has 1 aliphatic heterocycles. The first-order chi connectivity index (χ1) is 7.81. The maximum absolute atomic E-state index is 4.14. The summed E-state index contributed by atoms with van der Waals surface area (Å²) < 4.78 is 2.09. The van der Waals surface area contributed by atoms with E-state index in [0.717, 1.165) is 18.9 Å². The third kappa shape index (κ3) is 2.77. The van der Waals surface area contributed by atoms with Crippen molar-refractivity contribution >= 4 is 11.8 Å². The predicted molar refractivity (Wildman–Crippen MR) is 67.5 cm³/mol. The van der Waals surface area contributed by atoms with Gasteiger partial charge < -0.3 is 9.88 Å². The Hall–Kier alpha value is -0.550. The van der Waals surface area contributed by atoms with E-state index in [2.05, 4.69) is 45.7 Å². The van der Waals surface area contributed by atoms with E-state index < -0.39 is 0 Å². The highest BCUT2D eigenvalue weighted by atomic mass is 32.2. The molecule has 16 heavy (non-hydrogen) atoms. The summed E-state index contributed by atoms with van der Waals surface area (Å²) in [5, 5.41) is 12.4. The van der Waals surface area contributed by atoms with Gasteiger partial charge in [-0.05, 0) is 25.5 Å². The smallest absolute Gasteiger partial charge is 0.146 e. The van der Waals surface area contributed by atoms with Crippen LogP contribution in [0.1, 0.15) is 32.5 Å². The van der Waals surface area contributed by atoms with E-state index in [-0.39, 0.29) is 0 Å². The Morgan fingerprint density at radius 3 is 3.25 bits per heavy atom. The highest BCUT2D eigenvalue weighted by Gasteiger charge is 2.21. The molecule has 2 heterocycles. The number of thioether (sulfide) groups is 1. The summed E-state index contributed by atoms with van der Waals surface area (Å²) in [6.07, 6.45) is 4.41. The average Bonchev–Trinajstić information content (AvgIpc) is 2.75. The highest BCUT2D eigenvalue weighted by molar-refractivity contribution is 7.99. The molecule has 0 aliphatic carbocycles. The highest BCUT2D eigenvalue weighted by Crippen LogP contribution is 2.25. The van der Waals surface area contributed by atoms with Crippen LogP contribution in [0, 0.1) is 0 Å². The van der Waals surface area contributed by atoms with E-state index in [1.165, 1.54) is 18.6 Å². The first-order valence-corrected chi connectivity index (χ1v) is 7.07. The molecule has 90 valence electrons. The molecule has 4 nitrogen and oxygen atoms in total. The van der Waals surface area contributed by atoms with Crippen LogP contribution in [0.2, 0.25) is 0 Å². The van der Waals surface area contributed by atoms with Gasteiger partial charge in [-0.3, -0.25) is 0 Å². The lowest BCUT2D eigenvalue weighted by Gasteiger charge is -2.29. The summed E-state index contributed by atoms with van der Waals surface area (Å²) in [5.41, 5.74) is 0. The number of rotatable bonds is 4. The van der Waals surface area contributed by atoms with Gasteiger partial charge in [0.25, 0.3) is 0 Å². The summed E-state index contributed by atoms with van der Waals surface area (Å²) >= 11 is 2.07.